The van der Waals surface area contributed by atoms with Crippen LogP contribution in [0.4, 0.5) is 8.78 Å². The van der Waals surface area contributed by atoms with E-state index in [0.29, 0.717) is 12.4 Å². The van der Waals surface area contributed by atoms with E-state index in [1.54, 1.807) is 6.07 Å². The number of carbonyl (C=O) groups is 1. The van der Waals surface area contributed by atoms with Crippen LogP contribution in [0.25, 0.3) is 0 Å². The van der Waals surface area contributed by atoms with Crippen molar-refractivity contribution in [2.24, 2.45) is 0 Å². The van der Waals surface area contributed by atoms with Crippen molar-refractivity contribution < 1.29 is 18.3 Å². The Morgan fingerprint density at radius 2 is 1.86 bits per heavy atom. The van der Waals surface area contributed by atoms with Crippen molar-refractivity contribution in [2.75, 3.05) is 6.61 Å². The summed E-state index contributed by atoms with van der Waals surface area (Å²) in [6.45, 7) is 0.585. The van der Waals surface area contributed by atoms with Gasteiger partial charge in [0.15, 0.2) is 5.78 Å². The Bertz CT molecular complexity index is 708. The molecule has 108 valence electrons. The first kappa shape index (κ1) is 14.2. The van der Waals surface area contributed by atoms with Crippen molar-refractivity contribution >= 4 is 21.7 Å². The van der Waals surface area contributed by atoms with Crippen molar-refractivity contribution in [2.45, 2.75) is 12.8 Å². The molecule has 3 rings (SSSR count). The number of ketones is 1. The molecule has 2 aromatic rings. The summed E-state index contributed by atoms with van der Waals surface area (Å²) in [6, 6.07) is 6.60. The van der Waals surface area contributed by atoms with Crippen LogP contribution < -0.4 is 4.74 Å². The molecule has 5 heteroatoms. The van der Waals surface area contributed by atoms with E-state index in [1.165, 1.54) is 0 Å². The molecule has 0 aliphatic carbocycles. The molecular formula is C16H11BrF2O2. The highest BCUT2D eigenvalue weighted by atomic mass is 79.9. The molecule has 1 aliphatic rings. The summed E-state index contributed by atoms with van der Waals surface area (Å²) >= 11 is 3.40. The minimum Gasteiger partial charge on any atom is -0.493 e. The van der Waals surface area contributed by atoms with Gasteiger partial charge in [0, 0.05) is 34.5 Å². The molecule has 0 atom stereocenters. The number of ether oxygens (including phenoxy) is 1. The number of hydrogen-bond donors (Lipinski definition) is 0. The largest absolute Gasteiger partial charge is 0.493 e. The molecule has 0 saturated heterocycles. The summed E-state index contributed by atoms with van der Waals surface area (Å²) in [4.78, 5) is 12.2. The number of rotatable bonds is 3. The van der Waals surface area contributed by atoms with Gasteiger partial charge >= 0.3 is 0 Å². The van der Waals surface area contributed by atoms with Crippen molar-refractivity contribution in [1.29, 1.82) is 0 Å². The SMILES string of the molecule is O=C(Cc1cc(Br)cc2c1OCC2)c1cc(F)cc(F)c1. The third-order valence-electron chi connectivity index (χ3n) is 3.36. The number of carbonyl (C=O) groups excluding carboxylic acids is 1. The van der Waals surface area contributed by atoms with Crippen LogP contribution in [0.1, 0.15) is 21.5 Å². The molecular weight excluding hydrogens is 342 g/mol. The van der Waals surface area contributed by atoms with Gasteiger partial charge in [-0.1, -0.05) is 15.9 Å². The molecule has 0 bridgehead atoms. The Morgan fingerprint density at radius 3 is 2.57 bits per heavy atom. The fourth-order valence-corrected chi connectivity index (χ4v) is 3.02. The van der Waals surface area contributed by atoms with E-state index in [0.717, 1.165) is 40.2 Å². The van der Waals surface area contributed by atoms with Gasteiger partial charge in [-0.25, -0.2) is 8.78 Å². The van der Waals surface area contributed by atoms with Gasteiger partial charge in [-0.3, -0.25) is 4.79 Å². The highest BCUT2D eigenvalue weighted by Crippen LogP contribution is 2.33. The lowest BCUT2D eigenvalue weighted by Gasteiger charge is -2.09. The zero-order chi connectivity index (χ0) is 15.0. The topological polar surface area (TPSA) is 26.3 Å². The lowest BCUT2D eigenvalue weighted by Crippen LogP contribution is -2.06. The molecule has 0 radical (unpaired) electrons. The quantitative estimate of drug-likeness (QED) is 0.777. The van der Waals surface area contributed by atoms with E-state index in [4.69, 9.17) is 4.74 Å². The number of benzene rings is 2. The predicted octanol–water partition coefficient (Wildman–Crippen LogP) is 4.09. The lowest BCUT2D eigenvalue weighted by molar-refractivity contribution is 0.0991. The second kappa shape index (κ2) is 5.56. The Balaban J connectivity index is 1.92. The highest BCUT2D eigenvalue weighted by Gasteiger charge is 2.20. The number of Topliss-reactive ketones (excluding diaryl/α,β-unsaturated/α-hetero) is 1. The molecule has 0 aromatic heterocycles. The molecule has 1 heterocycles. The Morgan fingerprint density at radius 1 is 1.14 bits per heavy atom. The minimum absolute atomic E-state index is 0.0271. The maximum absolute atomic E-state index is 13.2. The van der Waals surface area contributed by atoms with Crippen LogP contribution >= 0.6 is 15.9 Å². The monoisotopic (exact) mass is 352 g/mol. The van der Waals surface area contributed by atoms with Gasteiger partial charge in [-0.15, -0.1) is 0 Å². The summed E-state index contributed by atoms with van der Waals surface area (Å²) in [7, 11) is 0. The molecule has 2 aromatic carbocycles. The number of halogens is 3. The van der Waals surface area contributed by atoms with Crippen molar-refractivity contribution in [1.82, 2.24) is 0 Å². The second-order valence-corrected chi connectivity index (χ2v) is 5.83. The molecule has 0 unspecified atom stereocenters. The van der Waals surface area contributed by atoms with E-state index < -0.39 is 11.6 Å². The smallest absolute Gasteiger partial charge is 0.167 e. The minimum atomic E-state index is -0.755. The molecule has 0 spiro atoms. The van der Waals surface area contributed by atoms with Crippen molar-refractivity contribution in [3.63, 3.8) is 0 Å². The zero-order valence-corrected chi connectivity index (χ0v) is 12.5. The fourth-order valence-electron chi connectivity index (χ4n) is 2.47. The average Bonchev–Trinajstić information content (AvgIpc) is 2.85. The molecule has 2 nitrogen and oxygen atoms in total. The number of fused-ring (bicyclic) bond motifs is 1. The van der Waals surface area contributed by atoms with Gasteiger partial charge in [0.25, 0.3) is 0 Å². The van der Waals surface area contributed by atoms with E-state index in [2.05, 4.69) is 15.9 Å². The van der Waals surface area contributed by atoms with E-state index in [9.17, 15) is 13.6 Å². The van der Waals surface area contributed by atoms with Gasteiger partial charge in [0.1, 0.15) is 17.4 Å². The first-order valence-electron chi connectivity index (χ1n) is 6.46. The maximum atomic E-state index is 13.2. The average molecular weight is 353 g/mol. The van der Waals surface area contributed by atoms with Gasteiger partial charge in [0.05, 0.1) is 6.61 Å². The van der Waals surface area contributed by atoms with Crippen LogP contribution in [0, 0.1) is 11.6 Å². The van der Waals surface area contributed by atoms with Crippen LogP contribution in [0.15, 0.2) is 34.8 Å². The van der Waals surface area contributed by atoms with Crippen LogP contribution in [-0.4, -0.2) is 12.4 Å². The van der Waals surface area contributed by atoms with Crippen molar-refractivity contribution in [3.05, 3.63) is 63.1 Å². The molecule has 1 aliphatic heterocycles. The Labute approximate surface area is 128 Å². The summed E-state index contributed by atoms with van der Waals surface area (Å²) in [5.41, 5.74) is 1.79. The van der Waals surface area contributed by atoms with Crippen molar-refractivity contribution in [3.8, 4) is 5.75 Å². The third kappa shape index (κ3) is 2.97. The van der Waals surface area contributed by atoms with E-state index >= 15 is 0 Å². The van der Waals surface area contributed by atoms with Gasteiger partial charge in [0.2, 0.25) is 0 Å². The Kier molecular flexibility index (Phi) is 3.76. The summed E-state index contributed by atoms with van der Waals surface area (Å²) in [5, 5.41) is 0. The second-order valence-electron chi connectivity index (χ2n) is 4.91. The van der Waals surface area contributed by atoms with Crippen LogP contribution in [0.3, 0.4) is 0 Å². The van der Waals surface area contributed by atoms with Crippen LogP contribution in [-0.2, 0) is 12.8 Å². The van der Waals surface area contributed by atoms with E-state index in [1.807, 2.05) is 6.07 Å². The Hall–Kier alpha value is -1.75. The number of hydrogen-bond acceptors (Lipinski definition) is 2. The summed E-state index contributed by atoms with van der Waals surface area (Å²) in [5.74, 6) is -1.14. The van der Waals surface area contributed by atoms with Crippen LogP contribution in [0.2, 0.25) is 0 Å². The maximum Gasteiger partial charge on any atom is 0.167 e. The molecule has 0 N–H and O–H groups in total. The summed E-state index contributed by atoms with van der Waals surface area (Å²) in [6.07, 6.45) is 0.842. The van der Waals surface area contributed by atoms with Crippen LogP contribution in [0.5, 0.6) is 5.75 Å². The van der Waals surface area contributed by atoms with Gasteiger partial charge in [-0.05, 0) is 29.8 Å². The molecule has 0 amide bonds. The lowest BCUT2D eigenvalue weighted by atomic mass is 10.00. The van der Waals surface area contributed by atoms with Gasteiger partial charge < -0.3 is 4.74 Å². The van der Waals surface area contributed by atoms with Gasteiger partial charge in [-0.2, -0.15) is 0 Å². The normalized spacial score (nSPS) is 12.9. The fraction of sp³-hybridized carbons (Fsp3) is 0.188. The molecule has 0 fully saturated rings. The first-order valence-corrected chi connectivity index (χ1v) is 7.25. The first-order chi connectivity index (χ1) is 10.0. The zero-order valence-electron chi connectivity index (χ0n) is 11.0. The molecule has 0 saturated carbocycles. The van der Waals surface area contributed by atoms with E-state index in [-0.39, 0.29) is 17.8 Å². The molecule has 21 heavy (non-hydrogen) atoms. The predicted molar refractivity (Wildman–Crippen MR) is 77.7 cm³/mol. The summed E-state index contributed by atoms with van der Waals surface area (Å²) < 4.78 is 32.8. The highest BCUT2D eigenvalue weighted by molar-refractivity contribution is 9.10. The third-order valence-corrected chi connectivity index (χ3v) is 3.82. The standard InChI is InChI=1S/C16H11BrF2O2/c17-12-3-9-1-2-21-16(9)11(4-12)7-15(20)10-5-13(18)8-14(19)6-10/h3-6,8H,1-2,7H2.